The molecule has 33 heavy (non-hydrogen) atoms. The zero-order chi connectivity index (χ0) is 23.4. The third-order valence-electron chi connectivity index (χ3n) is 7.70. The van der Waals surface area contributed by atoms with E-state index < -0.39 is 0 Å². The van der Waals surface area contributed by atoms with Crippen LogP contribution in [0.3, 0.4) is 0 Å². The summed E-state index contributed by atoms with van der Waals surface area (Å²) in [6.07, 6.45) is 8.37. The average molecular weight is 447 g/mol. The van der Waals surface area contributed by atoms with Gasteiger partial charge >= 0.3 is 0 Å². The number of nitriles is 1. The molecule has 174 valence electrons. The van der Waals surface area contributed by atoms with Gasteiger partial charge in [-0.3, -0.25) is 0 Å². The molecule has 0 bridgehead atoms. The van der Waals surface area contributed by atoms with E-state index >= 15 is 0 Å². The standard InChI is InChI=1S/C26H34N6O/c1-25(2)12-19-18(22-21(25)24(29)31-15-30-22)8-9-20(33-17-6-4-16(28)5-7-17)23(19)32(3)14-26(13-27)10-11-26/h8-9,15-17H,4-7,10-12,14,28H2,1-3H3,(H2,29,30,31). The van der Waals surface area contributed by atoms with Gasteiger partial charge in [0.25, 0.3) is 0 Å². The maximum Gasteiger partial charge on any atom is 0.143 e. The molecule has 7 nitrogen and oxygen atoms in total. The quantitative estimate of drug-likeness (QED) is 0.715. The molecule has 3 aliphatic carbocycles. The summed E-state index contributed by atoms with van der Waals surface area (Å²) in [6, 6.07) is 7.02. The molecule has 1 aromatic carbocycles. The molecule has 7 heteroatoms. The molecule has 1 aromatic heterocycles. The second-order valence-corrected chi connectivity index (χ2v) is 10.9. The first-order chi connectivity index (χ1) is 15.7. The van der Waals surface area contributed by atoms with E-state index in [-0.39, 0.29) is 23.0 Å². The summed E-state index contributed by atoms with van der Waals surface area (Å²) < 4.78 is 6.63. The number of nitrogens with zero attached hydrogens (tertiary/aromatic N) is 4. The van der Waals surface area contributed by atoms with E-state index in [9.17, 15) is 5.26 Å². The van der Waals surface area contributed by atoms with Crippen LogP contribution >= 0.6 is 0 Å². The molecule has 0 radical (unpaired) electrons. The van der Waals surface area contributed by atoms with E-state index in [4.69, 9.17) is 16.2 Å². The van der Waals surface area contributed by atoms with E-state index in [2.05, 4.69) is 54.0 Å². The van der Waals surface area contributed by atoms with Gasteiger partial charge in [-0.25, -0.2) is 9.97 Å². The molecule has 4 N–H and O–H groups in total. The first-order valence-electron chi connectivity index (χ1n) is 12.0. The fraction of sp³-hybridized carbons (Fsp3) is 0.577. The number of nitrogen functional groups attached to an aromatic ring is 1. The minimum absolute atomic E-state index is 0.169. The van der Waals surface area contributed by atoms with Crippen LogP contribution < -0.4 is 21.1 Å². The van der Waals surface area contributed by atoms with E-state index in [1.54, 1.807) is 6.33 Å². The molecule has 2 fully saturated rings. The van der Waals surface area contributed by atoms with Crippen LogP contribution in [0.1, 0.15) is 63.5 Å². The van der Waals surface area contributed by atoms with Crippen molar-refractivity contribution in [2.75, 3.05) is 24.2 Å². The van der Waals surface area contributed by atoms with Crippen molar-refractivity contribution < 1.29 is 4.74 Å². The summed E-state index contributed by atoms with van der Waals surface area (Å²) in [5.74, 6) is 1.44. The summed E-state index contributed by atoms with van der Waals surface area (Å²) >= 11 is 0. The second-order valence-electron chi connectivity index (χ2n) is 10.9. The Morgan fingerprint density at radius 3 is 2.58 bits per heavy atom. The third-order valence-corrected chi connectivity index (χ3v) is 7.70. The fourth-order valence-electron chi connectivity index (χ4n) is 5.71. The number of aromatic nitrogens is 2. The predicted octanol–water partition coefficient (Wildman–Crippen LogP) is 3.95. The lowest BCUT2D eigenvalue weighted by Gasteiger charge is -2.38. The van der Waals surface area contributed by atoms with Gasteiger partial charge in [0.1, 0.15) is 17.9 Å². The maximum absolute atomic E-state index is 9.74. The fourth-order valence-corrected chi connectivity index (χ4v) is 5.71. The summed E-state index contributed by atoms with van der Waals surface area (Å²) in [7, 11) is 2.09. The van der Waals surface area contributed by atoms with E-state index in [1.165, 1.54) is 5.56 Å². The summed E-state index contributed by atoms with van der Waals surface area (Å²) in [4.78, 5) is 11.2. The Kier molecular flexibility index (Phi) is 5.24. The van der Waals surface area contributed by atoms with Crippen LogP contribution in [0.2, 0.25) is 0 Å². The van der Waals surface area contributed by atoms with Crippen molar-refractivity contribution in [3.63, 3.8) is 0 Å². The molecule has 0 spiro atoms. The maximum atomic E-state index is 9.74. The van der Waals surface area contributed by atoms with Gasteiger partial charge in [0.2, 0.25) is 0 Å². The van der Waals surface area contributed by atoms with Gasteiger partial charge in [0, 0.05) is 30.8 Å². The number of nitrogens with two attached hydrogens (primary N) is 2. The average Bonchev–Trinajstić information content (AvgIpc) is 3.54. The highest BCUT2D eigenvalue weighted by Gasteiger charge is 2.45. The topological polar surface area (TPSA) is 114 Å². The van der Waals surface area contributed by atoms with Crippen molar-refractivity contribution in [3.8, 4) is 23.1 Å². The predicted molar refractivity (Wildman–Crippen MR) is 130 cm³/mol. The van der Waals surface area contributed by atoms with Crippen LogP contribution in [0, 0.1) is 16.7 Å². The number of anilines is 2. The van der Waals surface area contributed by atoms with Crippen molar-refractivity contribution in [1.82, 2.24) is 9.97 Å². The molecule has 2 saturated carbocycles. The highest BCUT2D eigenvalue weighted by molar-refractivity contribution is 5.83. The van der Waals surface area contributed by atoms with Gasteiger partial charge in [-0.15, -0.1) is 0 Å². The van der Waals surface area contributed by atoms with Crippen LogP contribution in [0.15, 0.2) is 18.5 Å². The number of ether oxygens (including phenoxy) is 1. The molecule has 3 aliphatic rings. The van der Waals surface area contributed by atoms with Crippen LogP contribution in [-0.4, -0.2) is 35.7 Å². The van der Waals surface area contributed by atoms with Gasteiger partial charge in [-0.2, -0.15) is 5.26 Å². The minimum Gasteiger partial charge on any atom is -0.488 e. The van der Waals surface area contributed by atoms with E-state index in [0.717, 1.165) is 73.2 Å². The molecule has 2 aromatic rings. The Morgan fingerprint density at radius 2 is 1.91 bits per heavy atom. The normalized spacial score (nSPS) is 24.2. The van der Waals surface area contributed by atoms with Crippen molar-refractivity contribution in [2.45, 2.75) is 76.4 Å². The smallest absolute Gasteiger partial charge is 0.143 e. The monoisotopic (exact) mass is 446 g/mol. The van der Waals surface area contributed by atoms with Crippen molar-refractivity contribution in [3.05, 3.63) is 29.6 Å². The number of rotatable bonds is 5. The van der Waals surface area contributed by atoms with E-state index in [0.29, 0.717) is 12.4 Å². The summed E-state index contributed by atoms with van der Waals surface area (Å²) in [5.41, 5.74) is 17.3. The lowest BCUT2D eigenvalue weighted by atomic mass is 9.71. The van der Waals surface area contributed by atoms with Crippen LogP contribution in [0.4, 0.5) is 11.5 Å². The highest BCUT2D eigenvalue weighted by Crippen LogP contribution is 2.51. The van der Waals surface area contributed by atoms with Crippen LogP contribution in [0.5, 0.6) is 5.75 Å². The van der Waals surface area contributed by atoms with Gasteiger partial charge < -0.3 is 21.1 Å². The second kappa shape index (κ2) is 7.88. The number of benzene rings is 1. The lowest BCUT2D eigenvalue weighted by molar-refractivity contribution is 0.147. The third kappa shape index (κ3) is 3.91. The minimum atomic E-state index is -0.249. The zero-order valence-electron chi connectivity index (χ0n) is 19.9. The molecule has 0 amide bonds. The molecule has 5 rings (SSSR count). The largest absolute Gasteiger partial charge is 0.488 e. The first-order valence-corrected chi connectivity index (χ1v) is 12.0. The van der Waals surface area contributed by atoms with Gasteiger partial charge in [0.05, 0.1) is 29.0 Å². The number of fused-ring (bicyclic) bond motifs is 3. The Labute approximate surface area is 196 Å². The van der Waals surface area contributed by atoms with Gasteiger partial charge in [0.15, 0.2) is 0 Å². The van der Waals surface area contributed by atoms with Crippen LogP contribution in [0.25, 0.3) is 11.3 Å². The zero-order valence-corrected chi connectivity index (χ0v) is 19.9. The Morgan fingerprint density at radius 1 is 1.18 bits per heavy atom. The van der Waals surface area contributed by atoms with Gasteiger partial charge in [-0.1, -0.05) is 13.8 Å². The molecular weight excluding hydrogens is 412 g/mol. The number of hydrogen-bond acceptors (Lipinski definition) is 7. The highest BCUT2D eigenvalue weighted by atomic mass is 16.5. The van der Waals surface area contributed by atoms with E-state index in [1.807, 2.05) is 0 Å². The lowest BCUT2D eigenvalue weighted by Crippen LogP contribution is -2.34. The Bertz CT molecular complexity index is 1110. The van der Waals surface area contributed by atoms with Crippen molar-refractivity contribution in [1.29, 1.82) is 5.26 Å². The van der Waals surface area contributed by atoms with Crippen molar-refractivity contribution in [2.24, 2.45) is 11.1 Å². The van der Waals surface area contributed by atoms with Crippen molar-refractivity contribution >= 4 is 11.5 Å². The Hall–Kier alpha value is -2.85. The molecule has 0 aliphatic heterocycles. The summed E-state index contributed by atoms with van der Waals surface area (Å²) in [6.45, 7) is 5.10. The molecule has 0 atom stereocenters. The summed E-state index contributed by atoms with van der Waals surface area (Å²) in [5, 5.41) is 9.74. The SMILES string of the molecule is CN(CC1(C#N)CC1)c1c(OC2CCC(N)CC2)ccc2c1CC(C)(C)c1c(N)ncnc1-2. The Balaban J connectivity index is 1.61. The number of hydrogen-bond donors (Lipinski definition) is 2. The van der Waals surface area contributed by atoms with Gasteiger partial charge in [-0.05, 0) is 68.1 Å². The molecular formula is C26H34N6O. The molecule has 1 heterocycles. The first kappa shape index (κ1) is 22.0. The molecule has 0 saturated heterocycles. The molecule has 0 unspecified atom stereocenters. The van der Waals surface area contributed by atoms with Crippen LogP contribution in [-0.2, 0) is 11.8 Å².